The van der Waals surface area contributed by atoms with Crippen molar-refractivity contribution in [3.8, 4) is 10.4 Å². The van der Waals surface area contributed by atoms with Crippen LogP contribution in [0.4, 0.5) is 0 Å². The summed E-state index contributed by atoms with van der Waals surface area (Å²) >= 11 is 4.38. The van der Waals surface area contributed by atoms with Crippen LogP contribution < -0.4 is 5.56 Å². The summed E-state index contributed by atoms with van der Waals surface area (Å²) in [7, 11) is 0. The van der Waals surface area contributed by atoms with E-state index in [0.29, 0.717) is 21.9 Å². The monoisotopic (exact) mass is 376 g/mol. The van der Waals surface area contributed by atoms with Crippen LogP contribution in [-0.4, -0.2) is 20.6 Å². The molecule has 0 saturated carbocycles. The molecule has 3 rings (SSSR count). The first-order valence-electron chi connectivity index (χ1n) is 7.36. The van der Waals surface area contributed by atoms with E-state index in [0.717, 1.165) is 10.4 Å². The first-order valence-corrected chi connectivity index (χ1v) is 10.0. The summed E-state index contributed by atoms with van der Waals surface area (Å²) in [5.74, 6) is 0.0601. The van der Waals surface area contributed by atoms with Crippen LogP contribution in [0, 0.1) is 0 Å². The highest BCUT2D eigenvalue weighted by Crippen LogP contribution is 2.35. The van der Waals surface area contributed by atoms with Crippen LogP contribution in [0.5, 0.6) is 0 Å². The molecule has 0 fully saturated rings. The maximum Gasteiger partial charge on any atom is 0.263 e. The molecular weight excluding hydrogens is 360 g/mol. The third-order valence-corrected chi connectivity index (χ3v) is 6.60. The Morgan fingerprint density at radius 2 is 2.29 bits per heavy atom. The summed E-state index contributed by atoms with van der Waals surface area (Å²) in [6.07, 6.45) is 1.68. The number of allylic oxidation sites excluding steroid dienone is 1. The quantitative estimate of drug-likeness (QED) is 0.362. The van der Waals surface area contributed by atoms with Crippen LogP contribution in [0.3, 0.4) is 0 Å². The van der Waals surface area contributed by atoms with Gasteiger partial charge in [-0.3, -0.25) is 14.2 Å². The lowest BCUT2D eigenvalue weighted by Gasteiger charge is -2.13. The highest BCUT2D eigenvalue weighted by molar-refractivity contribution is 8.00. The van der Waals surface area contributed by atoms with Gasteiger partial charge in [0.2, 0.25) is 0 Å². The fourth-order valence-corrected chi connectivity index (χ4v) is 4.96. The first-order chi connectivity index (χ1) is 11.5. The van der Waals surface area contributed by atoms with Crippen molar-refractivity contribution in [3.05, 3.63) is 45.9 Å². The second-order valence-corrected chi connectivity index (χ2v) is 8.39. The van der Waals surface area contributed by atoms with Gasteiger partial charge in [-0.1, -0.05) is 23.9 Å². The van der Waals surface area contributed by atoms with E-state index in [1.807, 2.05) is 29.8 Å². The average molecular weight is 377 g/mol. The van der Waals surface area contributed by atoms with Crippen LogP contribution in [0.15, 0.2) is 45.5 Å². The Kier molecular flexibility index (Phi) is 5.03. The van der Waals surface area contributed by atoms with E-state index in [1.165, 1.54) is 23.1 Å². The van der Waals surface area contributed by atoms with Crippen molar-refractivity contribution in [1.29, 1.82) is 0 Å². The van der Waals surface area contributed by atoms with Gasteiger partial charge in [-0.25, -0.2) is 4.98 Å². The Bertz CT molecular complexity index is 954. The van der Waals surface area contributed by atoms with Crippen LogP contribution >= 0.6 is 34.4 Å². The number of thioether (sulfide) groups is 1. The van der Waals surface area contributed by atoms with Crippen molar-refractivity contribution in [2.75, 3.05) is 0 Å². The van der Waals surface area contributed by atoms with E-state index in [9.17, 15) is 9.59 Å². The van der Waals surface area contributed by atoms with Gasteiger partial charge in [0, 0.05) is 22.4 Å². The molecule has 7 heteroatoms. The van der Waals surface area contributed by atoms with E-state index < -0.39 is 0 Å². The minimum absolute atomic E-state index is 0.0601. The Labute approximate surface area is 151 Å². The predicted molar refractivity (Wildman–Crippen MR) is 103 cm³/mol. The average Bonchev–Trinajstić information content (AvgIpc) is 3.19. The van der Waals surface area contributed by atoms with Crippen LogP contribution in [0.2, 0.25) is 0 Å². The topological polar surface area (TPSA) is 52.0 Å². The van der Waals surface area contributed by atoms with Gasteiger partial charge in [-0.2, -0.15) is 0 Å². The molecule has 1 unspecified atom stereocenters. The third kappa shape index (κ3) is 3.11. The van der Waals surface area contributed by atoms with Gasteiger partial charge in [-0.05, 0) is 25.3 Å². The van der Waals surface area contributed by atoms with Crippen LogP contribution in [-0.2, 0) is 11.3 Å². The largest absolute Gasteiger partial charge is 0.299 e. The smallest absolute Gasteiger partial charge is 0.263 e. The van der Waals surface area contributed by atoms with Crippen LogP contribution in [0.1, 0.15) is 13.8 Å². The number of nitrogens with zero attached hydrogens (tertiary/aromatic N) is 2. The number of aromatic nitrogens is 2. The molecule has 0 N–H and O–H groups in total. The van der Waals surface area contributed by atoms with Gasteiger partial charge in [0.15, 0.2) is 5.16 Å². The zero-order valence-corrected chi connectivity index (χ0v) is 15.8. The number of thiophene rings is 2. The minimum Gasteiger partial charge on any atom is -0.299 e. The van der Waals surface area contributed by atoms with E-state index >= 15 is 0 Å². The van der Waals surface area contributed by atoms with Gasteiger partial charge in [0.05, 0.1) is 10.6 Å². The van der Waals surface area contributed by atoms with Crippen molar-refractivity contribution in [3.63, 3.8) is 0 Å². The molecule has 0 aliphatic heterocycles. The number of rotatable bonds is 6. The third-order valence-electron chi connectivity index (χ3n) is 3.61. The number of ketones is 1. The van der Waals surface area contributed by atoms with E-state index in [2.05, 4.69) is 11.6 Å². The summed E-state index contributed by atoms with van der Waals surface area (Å²) in [6, 6.07) is 3.97. The van der Waals surface area contributed by atoms with Crippen molar-refractivity contribution in [1.82, 2.24) is 9.55 Å². The molecule has 0 radical (unpaired) electrons. The maximum absolute atomic E-state index is 13.1. The Hall–Kier alpha value is -1.70. The molecule has 0 saturated heterocycles. The number of hydrogen-bond acceptors (Lipinski definition) is 6. The van der Waals surface area contributed by atoms with Crippen molar-refractivity contribution < 1.29 is 4.79 Å². The Morgan fingerprint density at radius 3 is 2.92 bits per heavy atom. The van der Waals surface area contributed by atoms with Crippen molar-refractivity contribution in [2.45, 2.75) is 30.8 Å². The second kappa shape index (κ2) is 7.04. The molecule has 3 heterocycles. The van der Waals surface area contributed by atoms with Gasteiger partial charge >= 0.3 is 0 Å². The number of Topliss-reactive ketones (excluding diaryl/α,β-unsaturated/α-hetero) is 1. The molecule has 3 aromatic heterocycles. The highest BCUT2D eigenvalue weighted by atomic mass is 32.2. The summed E-state index contributed by atoms with van der Waals surface area (Å²) < 4.78 is 1.60. The number of hydrogen-bond donors (Lipinski definition) is 0. The summed E-state index contributed by atoms with van der Waals surface area (Å²) in [5, 5.41) is 4.93. The molecule has 0 aliphatic carbocycles. The predicted octanol–water partition coefficient (Wildman–Crippen LogP) is 4.44. The number of fused-ring (bicyclic) bond motifs is 1. The van der Waals surface area contributed by atoms with E-state index in [4.69, 9.17) is 0 Å². The lowest BCUT2D eigenvalue weighted by atomic mass is 10.2. The lowest BCUT2D eigenvalue weighted by molar-refractivity contribution is -0.116. The first kappa shape index (κ1) is 17.1. The molecule has 3 aromatic rings. The molecular formula is C17H16N2O2S3. The fraction of sp³-hybridized carbons (Fsp3) is 0.235. The summed E-state index contributed by atoms with van der Waals surface area (Å²) in [6.45, 7) is 7.48. The Morgan fingerprint density at radius 1 is 1.50 bits per heavy atom. The molecule has 124 valence electrons. The van der Waals surface area contributed by atoms with Gasteiger partial charge in [0.25, 0.3) is 5.56 Å². The summed E-state index contributed by atoms with van der Waals surface area (Å²) in [4.78, 5) is 31.1. The molecule has 4 nitrogen and oxygen atoms in total. The molecule has 0 amide bonds. The zero-order valence-electron chi connectivity index (χ0n) is 13.3. The zero-order chi connectivity index (χ0) is 17.3. The molecule has 0 aromatic carbocycles. The molecule has 24 heavy (non-hydrogen) atoms. The fourth-order valence-electron chi connectivity index (χ4n) is 2.24. The normalized spacial score (nSPS) is 12.4. The minimum atomic E-state index is -0.248. The highest BCUT2D eigenvalue weighted by Gasteiger charge is 2.20. The lowest BCUT2D eigenvalue weighted by Crippen LogP contribution is -2.24. The van der Waals surface area contributed by atoms with Gasteiger partial charge in [-0.15, -0.1) is 29.3 Å². The number of carbonyl (C=O) groups is 1. The molecule has 0 aliphatic rings. The van der Waals surface area contributed by atoms with Crippen molar-refractivity contribution >= 4 is 50.4 Å². The molecule has 0 bridgehead atoms. The standard InChI is InChI=1S/C17H16N2O2S3/c1-4-7-19-16(21)14-12(13-6-5-8-22-13)9-23-15(14)18-17(19)24-11(3)10(2)20/h4-6,8-9,11H,1,7H2,2-3H3. The number of carbonyl (C=O) groups excluding carboxylic acids is 1. The van der Waals surface area contributed by atoms with Crippen molar-refractivity contribution in [2.24, 2.45) is 0 Å². The van der Waals surface area contributed by atoms with E-state index in [1.54, 1.807) is 28.9 Å². The van der Waals surface area contributed by atoms with Gasteiger partial charge in [0.1, 0.15) is 10.6 Å². The van der Waals surface area contributed by atoms with E-state index in [-0.39, 0.29) is 16.6 Å². The maximum atomic E-state index is 13.1. The second-order valence-electron chi connectivity index (χ2n) is 5.28. The Balaban J connectivity index is 2.21. The SMILES string of the molecule is C=CCn1c(SC(C)C(C)=O)nc2scc(-c3cccs3)c2c1=O. The van der Waals surface area contributed by atoms with Crippen LogP contribution in [0.25, 0.3) is 20.7 Å². The molecule has 0 spiro atoms. The van der Waals surface area contributed by atoms with Gasteiger partial charge < -0.3 is 0 Å². The summed E-state index contributed by atoms with van der Waals surface area (Å²) in [5.41, 5.74) is 0.847. The molecule has 1 atom stereocenters.